The zero-order valence-corrected chi connectivity index (χ0v) is 14.7. The van der Waals surface area contributed by atoms with Crippen LogP contribution in [0.2, 0.25) is 0 Å². The van der Waals surface area contributed by atoms with Crippen LogP contribution in [0.3, 0.4) is 0 Å². The minimum absolute atomic E-state index is 0.0407. The lowest BCUT2D eigenvalue weighted by atomic mass is 10.1. The fraction of sp³-hybridized carbons (Fsp3) is 0.300. The van der Waals surface area contributed by atoms with Gasteiger partial charge in [0.2, 0.25) is 5.91 Å². The van der Waals surface area contributed by atoms with Crippen molar-refractivity contribution < 1.29 is 9.59 Å². The molecule has 24 heavy (non-hydrogen) atoms. The number of carbonyl (C=O) groups excluding carboxylic acids is 2. The van der Waals surface area contributed by atoms with E-state index in [1.807, 2.05) is 63.2 Å². The van der Waals surface area contributed by atoms with E-state index in [-0.39, 0.29) is 11.8 Å². The molecule has 0 saturated carbocycles. The molecule has 0 saturated heterocycles. The smallest absolute Gasteiger partial charge is 0.251 e. The van der Waals surface area contributed by atoms with Crippen LogP contribution >= 0.6 is 0 Å². The van der Waals surface area contributed by atoms with Crippen LogP contribution in [0.4, 0.5) is 5.69 Å². The van der Waals surface area contributed by atoms with Crippen molar-refractivity contribution in [3.8, 4) is 0 Å². The van der Waals surface area contributed by atoms with Gasteiger partial charge in [-0.1, -0.05) is 18.2 Å². The highest BCUT2D eigenvalue weighted by atomic mass is 16.2. The normalized spacial score (nSPS) is 10.3. The maximum atomic E-state index is 12.2. The molecule has 0 aliphatic heterocycles. The molecule has 0 aromatic heterocycles. The number of rotatable bonds is 5. The largest absolute Gasteiger partial charge is 0.350 e. The minimum atomic E-state index is -0.120. The van der Waals surface area contributed by atoms with Gasteiger partial charge in [0, 0.05) is 31.3 Å². The van der Waals surface area contributed by atoms with Crippen LogP contribution in [0, 0.1) is 20.8 Å². The van der Waals surface area contributed by atoms with Crippen molar-refractivity contribution in [2.75, 3.05) is 18.0 Å². The Labute approximate surface area is 143 Å². The molecule has 0 fully saturated rings. The SMILES string of the molecule is CC(=O)N(CCNC(=O)c1ccc(C)c(C)c1)c1cccc(C)c1. The first-order chi connectivity index (χ1) is 11.4. The van der Waals surface area contributed by atoms with Crippen LogP contribution in [0.15, 0.2) is 42.5 Å². The van der Waals surface area contributed by atoms with Crippen molar-refractivity contribution in [3.63, 3.8) is 0 Å². The topological polar surface area (TPSA) is 49.4 Å². The zero-order chi connectivity index (χ0) is 17.7. The van der Waals surface area contributed by atoms with E-state index in [1.54, 1.807) is 4.90 Å². The maximum Gasteiger partial charge on any atom is 0.251 e. The van der Waals surface area contributed by atoms with Crippen LogP contribution in [-0.2, 0) is 4.79 Å². The summed E-state index contributed by atoms with van der Waals surface area (Å²) in [6.45, 7) is 8.37. The average Bonchev–Trinajstić information content (AvgIpc) is 2.53. The van der Waals surface area contributed by atoms with E-state index >= 15 is 0 Å². The van der Waals surface area contributed by atoms with E-state index in [1.165, 1.54) is 6.92 Å². The van der Waals surface area contributed by atoms with Gasteiger partial charge >= 0.3 is 0 Å². The monoisotopic (exact) mass is 324 g/mol. The third-order valence-electron chi connectivity index (χ3n) is 4.08. The third kappa shape index (κ3) is 4.44. The Morgan fingerprint density at radius 1 is 1.00 bits per heavy atom. The number of nitrogens with one attached hydrogen (secondary N) is 1. The molecule has 1 N–H and O–H groups in total. The van der Waals surface area contributed by atoms with Crippen molar-refractivity contribution >= 4 is 17.5 Å². The van der Waals surface area contributed by atoms with Crippen LogP contribution in [0.5, 0.6) is 0 Å². The minimum Gasteiger partial charge on any atom is -0.350 e. The number of nitrogens with zero attached hydrogens (tertiary/aromatic N) is 1. The molecule has 126 valence electrons. The van der Waals surface area contributed by atoms with Crippen LogP contribution < -0.4 is 10.2 Å². The predicted octanol–water partition coefficient (Wildman–Crippen LogP) is 3.39. The average molecular weight is 324 g/mol. The van der Waals surface area contributed by atoms with Crippen molar-refractivity contribution in [2.45, 2.75) is 27.7 Å². The number of benzene rings is 2. The lowest BCUT2D eigenvalue weighted by Gasteiger charge is -2.22. The predicted molar refractivity (Wildman–Crippen MR) is 97.5 cm³/mol. The summed E-state index contributed by atoms with van der Waals surface area (Å²) >= 11 is 0. The van der Waals surface area contributed by atoms with E-state index in [0.717, 1.165) is 22.4 Å². The molecule has 4 nitrogen and oxygen atoms in total. The molecule has 0 radical (unpaired) electrons. The lowest BCUT2D eigenvalue weighted by molar-refractivity contribution is -0.116. The zero-order valence-electron chi connectivity index (χ0n) is 14.7. The second-order valence-corrected chi connectivity index (χ2v) is 6.06. The summed E-state index contributed by atoms with van der Waals surface area (Å²) in [6, 6.07) is 13.4. The molecule has 4 heteroatoms. The number of amides is 2. The Morgan fingerprint density at radius 3 is 2.38 bits per heavy atom. The molecule has 2 amide bonds. The fourth-order valence-electron chi connectivity index (χ4n) is 2.53. The van der Waals surface area contributed by atoms with Crippen molar-refractivity contribution in [1.29, 1.82) is 0 Å². The van der Waals surface area contributed by atoms with E-state index in [9.17, 15) is 9.59 Å². The molecule has 0 spiro atoms. The molecule has 0 atom stereocenters. The Bertz CT molecular complexity index is 753. The van der Waals surface area contributed by atoms with Gasteiger partial charge in [0.25, 0.3) is 5.91 Å². The quantitative estimate of drug-likeness (QED) is 0.916. The number of carbonyl (C=O) groups is 2. The van der Waals surface area contributed by atoms with E-state index < -0.39 is 0 Å². The summed E-state index contributed by atoms with van der Waals surface area (Å²) < 4.78 is 0. The van der Waals surface area contributed by atoms with E-state index in [2.05, 4.69) is 5.32 Å². The maximum absolute atomic E-state index is 12.2. The molecule has 0 aliphatic carbocycles. The summed E-state index contributed by atoms with van der Waals surface area (Å²) in [4.78, 5) is 25.8. The van der Waals surface area contributed by atoms with Gasteiger partial charge < -0.3 is 10.2 Å². The molecule has 0 heterocycles. The Morgan fingerprint density at radius 2 is 1.75 bits per heavy atom. The second-order valence-electron chi connectivity index (χ2n) is 6.06. The highest BCUT2D eigenvalue weighted by Gasteiger charge is 2.12. The van der Waals surface area contributed by atoms with Crippen LogP contribution in [0.25, 0.3) is 0 Å². The summed E-state index contributed by atoms with van der Waals surface area (Å²) in [7, 11) is 0. The molecule has 2 aromatic rings. The first-order valence-corrected chi connectivity index (χ1v) is 8.08. The van der Waals surface area contributed by atoms with Crippen molar-refractivity contribution in [1.82, 2.24) is 5.32 Å². The molecular weight excluding hydrogens is 300 g/mol. The first-order valence-electron chi connectivity index (χ1n) is 8.08. The van der Waals surface area contributed by atoms with Gasteiger partial charge in [0.05, 0.1) is 0 Å². The van der Waals surface area contributed by atoms with Gasteiger partial charge in [-0.05, 0) is 61.7 Å². The van der Waals surface area contributed by atoms with E-state index in [4.69, 9.17) is 0 Å². The van der Waals surface area contributed by atoms with Crippen molar-refractivity contribution in [3.05, 3.63) is 64.7 Å². The number of hydrogen-bond acceptors (Lipinski definition) is 2. The van der Waals surface area contributed by atoms with E-state index in [0.29, 0.717) is 18.7 Å². The molecule has 2 rings (SSSR count). The summed E-state index contributed by atoms with van der Waals surface area (Å²) in [6.07, 6.45) is 0. The molecule has 2 aromatic carbocycles. The third-order valence-corrected chi connectivity index (χ3v) is 4.08. The molecule has 0 unspecified atom stereocenters. The standard InChI is InChI=1S/C20H24N2O2/c1-14-6-5-7-19(12-14)22(17(4)23)11-10-21-20(24)18-9-8-15(2)16(3)13-18/h5-9,12-13H,10-11H2,1-4H3,(H,21,24). The lowest BCUT2D eigenvalue weighted by Crippen LogP contribution is -2.37. The Hall–Kier alpha value is -2.62. The van der Waals surface area contributed by atoms with Gasteiger partial charge in [-0.3, -0.25) is 9.59 Å². The molecular formula is C20H24N2O2. The molecule has 0 bridgehead atoms. The highest BCUT2D eigenvalue weighted by molar-refractivity contribution is 5.95. The summed E-state index contributed by atoms with van der Waals surface area (Å²) in [5.41, 5.74) is 4.84. The number of aryl methyl sites for hydroxylation is 3. The van der Waals surface area contributed by atoms with Gasteiger partial charge in [0.1, 0.15) is 0 Å². The van der Waals surface area contributed by atoms with Gasteiger partial charge in [0.15, 0.2) is 0 Å². The summed E-state index contributed by atoms with van der Waals surface area (Å²) in [5.74, 6) is -0.160. The number of anilines is 1. The van der Waals surface area contributed by atoms with Gasteiger partial charge in [-0.2, -0.15) is 0 Å². The Balaban J connectivity index is 1.99. The van der Waals surface area contributed by atoms with Gasteiger partial charge in [-0.25, -0.2) is 0 Å². The second kappa shape index (κ2) is 7.77. The first kappa shape index (κ1) is 17.7. The fourth-order valence-corrected chi connectivity index (χ4v) is 2.53. The Kier molecular flexibility index (Phi) is 5.74. The highest BCUT2D eigenvalue weighted by Crippen LogP contribution is 2.15. The van der Waals surface area contributed by atoms with Crippen molar-refractivity contribution in [2.24, 2.45) is 0 Å². The molecule has 0 aliphatic rings. The van der Waals surface area contributed by atoms with Gasteiger partial charge in [-0.15, -0.1) is 0 Å². The van der Waals surface area contributed by atoms with Crippen LogP contribution in [0.1, 0.15) is 34.0 Å². The summed E-state index contributed by atoms with van der Waals surface area (Å²) in [5, 5.41) is 2.88. The number of hydrogen-bond donors (Lipinski definition) is 1. The van der Waals surface area contributed by atoms with Crippen LogP contribution in [-0.4, -0.2) is 24.9 Å².